The van der Waals surface area contributed by atoms with E-state index in [0.717, 1.165) is 23.1 Å². The van der Waals surface area contributed by atoms with Gasteiger partial charge >= 0.3 is 5.97 Å². The maximum absolute atomic E-state index is 13.5. The molecule has 1 amide bonds. The summed E-state index contributed by atoms with van der Waals surface area (Å²) in [6, 6.07) is 3.11. The summed E-state index contributed by atoms with van der Waals surface area (Å²) in [7, 11) is 0. The van der Waals surface area contributed by atoms with E-state index >= 15 is 0 Å². The number of hydrogen-bond acceptors (Lipinski definition) is 3. The van der Waals surface area contributed by atoms with Crippen LogP contribution in [0.25, 0.3) is 0 Å². The van der Waals surface area contributed by atoms with Crippen molar-refractivity contribution in [1.82, 2.24) is 4.90 Å². The van der Waals surface area contributed by atoms with Gasteiger partial charge in [-0.15, -0.1) is 0 Å². The second kappa shape index (κ2) is 5.31. The highest BCUT2D eigenvalue weighted by Gasteiger charge is 2.31. The number of aliphatic carboxylic acids is 1. The van der Waals surface area contributed by atoms with Crippen molar-refractivity contribution in [2.24, 2.45) is 0 Å². The van der Waals surface area contributed by atoms with Crippen LogP contribution in [0, 0.1) is 11.6 Å². The largest absolute Gasteiger partial charge is 0.479 e. The number of ether oxygens (including phenoxy) is 1. The molecule has 0 spiro atoms. The number of halogens is 2. The number of carboxylic acid groups (broad SMARTS) is 1. The molecule has 1 saturated heterocycles. The second-order valence-corrected chi connectivity index (χ2v) is 4.05. The maximum atomic E-state index is 13.5. The highest BCUT2D eigenvalue weighted by molar-refractivity contribution is 5.95. The van der Waals surface area contributed by atoms with Crippen LogP contribution in [0.3, 0.4) is 0 Å². The molecule has 5 nitrogen and oxygen atoms in total. The van der Waals surface area contributed by atoms with Crippen LogP contribution in [0.1, 0.15) is 10.4 Å². The van der Waals surface area contributed by atoms with Crippen LogP contribution < -0.4 is 0 Å². The number of carbonyl (C=O) groups is 2. The number of carbonyl (C=O) groups excluding carboxylic acids is 1. The van der Waals surface area contributed by atoms with E-state index in [4.69, 9.17) is 9.84 Å². The first kappa shape index (κ1) is 13.4. The quantitative estimate of drug-likeness (QED) is 0.867. The molecule has 1 aromatic rings. The van der Waals surface area contributed by atoms with Crippen molar-refractivity contribution in [3.8, 4) is 0 Å². The summed E-state index contributed by atoms with van der Waals surface area (Å²) in [5.41, 5.74) is -0.673. The molecule has 0 bridgehead atoms. The standard InChI is InChI=1S/C12H11F2NO4/c13-7-2-1-3-8(14)10(7)11(16)15-4-5-19-9(6-15)12(17)18/h1-3,9H,4-6H2,(H,17,18)/t9-/m1/s1. The molecule has 1 N–H and O–H groups in total. The van der Waals surface area contributed by atoms with Crippen LogP contribution in [-0.4, -0.2) is 47.7 Å². The van der Waals surface area contributed by atoms with E-state index in [2.05, 4.69) is 0 Å². The Hall–Kier alpha value is -2.02. The number of rotatable bonds is 2. The molecule has 1 aromatic carbocycles. The van der Waals surface area contributed by atoms with Crippen molar-refractivity contribution in [1.29, 1.82) is 0 Å². The van der Waals surface area contributed by atoms with Crippen LogP contribution in [0.15, 0.2) is 18.2 Å². The van der Waals surface area contributed by atoms with Gasteiger partial charge in [0.25, 0.3) is 5.91 Å². The molecule has 102 valence electrons. The van der Waals surface area contributed by atoms with Gasteiger partial charge in [-0.05, 0) is 12.1 Å². The van der Waals surface area contributed by atoms with Crippen molar-refractivity contribution in [3.05, 3.63) is 35.4 Å². The van der Waals surface area contributed by atoms with Crippen LogP contribution >= 0.6 is 0 Å². The molecule has 0 radical (unpaired) electrons. The molecule has 2 rings (SSSR count). The molecule has 1 aliphatic heterocycles. The molecular weight excluding hydrogens is 260 g/mol. The Morgan fingerprint density at radius 3 is 2.53 bits per heavy atom. The zero-order chi connectivity index (χ0) is 14.0. The van der Waals surface area contributed by atoms with Gasteiger partial charge in [0.15, 0.2) is 6.10 Å². The third-order valence-electron chi connectivity index (χ3n) is 2.81. The zero-order valence-corrected chi connectivity index (χ0v) is 9.81. The maximum Gasteiger partial charge on any atom is 0.334 e. The molecule has 0 aromatic heterocycles. The van der Waals surface area contributed by atoms with E-state index in [1.807, 2.05) is 0 Å². The number of hydrogen-bond donors (Lipinski definition) is 1. The smallest absolute Gasteiger partial charge is 0.334 e. The van der Waals surface area contributed by atoms with Crippen LogP contribution in [0.2, 0.25) is 0 Å². The molecule has 0 unspecified atom stereocenters. The summed E-state index contributed by atoms with van der Waals surface area (Å²) in [5.74, 6) is -4.02. The molecule has 1 fully saturated rings. The monoisotopic (exact) mass is 271 g/mol. The SMILES string of the molecule is O=C(O)[C@H]1CN(C(=O)c2c(F)cccc2F)CCO1. The summed E-state index contributed by atoms with van der Waals surface area (Å²) in [5, 5.41) is 8.81. The van der Waals surface area contributed by atoms with Gasteiger partial charge in [0, 0.05) is 6.54 Å². The molecule has 1 aliphatic rings. The van der Waals surface area contributed by atoms with Crippen molar-refractivity contribution in [2.45, 2.75) is 6.10 Å². The molecule has 1 heterocycles. The molecule has 0 saturated carbocycles. The first-order valence-electron chi connectivity index (χ1n) is 5.58. The number of benzene rings is 1. The summed E-state index contributed by atoms with van der Waals surface area (Å²) in [6.07, 6.45) is -1.17. The number of morpholine rings is 1. The average molecular weight is 271 g/mol. The van der Waals surface area contributed by atoms with E-state index in [-0.39, 0.29) is 19.7 Å². The highest BCUT2D eigenvalue weighted by Crippen LogP contribution is 2.17. The van der Waals surface area contributed by atoms with Crippen molar-refractivity contribution in [3.63, 3.8) is 0 Å². The molecule has 19 heavy (non-hydrogen) atoms. The predicted octanol–water partition coefficient (Wildman–Crippen LogP) is 0.890. The molecule has 7 heteroatoms. The number of amides is 1. The van der Waals surface area contributed by atoms with E-state index in [1.165, 1.54) is 0 Å². The Morgan fingerprint density at radius 1 is 1.32 bits per heavy atom. The number of carboxylic acids is 1. The fourth-order valence-electron chi connectivity index (χ4n) is 1.84. The summed E-state index contributed by atoms with van der Waals surface area (Å²) < 4.78 is 31.9. The minimum atomic E-state index is -1.22. The highest BCUT2D eigenvalue weighted by atomic mass is 19.1. The lowest BCUT2D eigenvalue weighted by Gasteiger charge is -2.31. The lowest BCUT2D eigenvalue weighted by Crippen LogP contribution is -2.48. The van der Waals surface area contributed by atoms with E-state index < -0.39 is 35.2 Å². The molecule has 0 aliphatic carbocycles. The minimum absolute atomic E-state index is 0.0127. The third kappa shape index (κ3) is 2.70. The van der Waals surface area contributed by atoms with Gasteiger partial charge in [-0.2, -0.15) is 0 Å². The summed E-state index contributed by atoms with van der Waals surface area (Å²) >= 11 is 0. The van der Waals surface area contributed by atoms with E-state index in [1.54, 1.807) is 0 Å². The predicted molar refractivity (Wildman–Crippen MR) is 59.6 cm³/mol. The van der Waals surface area contributed by atoms with Crippen LogP contribution in [-0.2, 0) is 9.53 Å². The van der Waals surface area contributed by atoms with Gasteiger partial charge in [0.2, 0.25) is 0 Å². The Balaban J connectivity index is 2.22. The number of nitrogens with zero attached hydrogens (tertiary/aromatic N) is 1. The van der Waals surface area contributed by atoms with Gasteiger partial charge in [0.1, 0.15) is 17.2 Å². The fraction of sp³-hybridized carbons (Fsp3) is 0.333. The topological polar surface area (TPSA) is 66.8 Å². The normalized spacial score (nSPS) is 19.3. The van der Waals surface area contributed by atoms with Gasteiger partial charge < -0.3 is 14.7 Å². The Morgan fingerprint density at radius 2 is 1.95 bits per heavy atom. The minimum Gasteiger partial charge on any atom is -0.479 e. The van der Waals surface area contributed by atoms with Crippen molar-refractivity contribution < 1.29 is 28.2 Å². The molecule has 1 atom stereocenters. The fourth-order valence-corrected chi connectivity index (χ4v) is 1.84. The Bertz CT molecular complexity index is 500. The molecular formula is C12H11F2NO4. The van der Waals surface area contributed by atoms with Crippen molar-refractivity contribution in [2.75, 3.05) is 19.7 Å². The summed E-state index contributed by atoms with van der Waals surface area (Å²) in [6.45, 7) is -0.128. The lowest BCUT2D eigenvalue weighted by molar-refractivity contribution is -0.154. The lowest BCUT2D eigenvalue weighted by atomic mass is 10.1. The van der Waals surface area contributed by atoms with Crippen LogP contribution in [0.4, 0.5) is 8.78 Å². The summed E-state index contributed by atoms with van der Waals surface area (Å²) in [4.78, 5) is 23.9. The van der Waals surface area contributed by atoms with Gasteiger partial charge in [0.05, 0.1) is 13.2 Å². The van der Waals surface area contributed by atoms with E-state index in [0.29, 0.717) is 0 Å². The second-order valence-electron chi connectivity index (χ2n) is 4.05. The van der Waals surface area contributed by atoms with Gasteiger partial charge in [-0.1, -0.05) is 6.07 Å². The third-order valence-corrected chi connectivity index (χ3v) is 2.81. The van der Waals surface area contributed by atoms with Gasteiger partial charge in [-0.3, -0.25) is 4.79 Å². The zero-order valence-electron chi connectivity index (χ0n) is 9.81. The average Bonchev–Trinajstić information content (AvgIpc) is 2.38. The van der Waals surface area contributed by atoms with E-state index in [9.17, 15) is 18.4 Å². The first-order chi connectivity index (χ1) is 9.00. The van der Waals surface area contributed by atoms with Gasteiger partial charge in [-0.25, -0.2) is 13.6 Å². The Kier molecular flexibility index (Phi) is 3.75. The Labute approximate surface area is 107 Å². The van der Waals surface area contributed by atoms with Crippen molar-refractivity contribution >= 4 is 11.9 Å². The van der Waals surface area contributed by atoms with Crippen LogP contribution in [0.5, 0.6) is 0 Å². The first-order valence-corrected chi connectivity index (χ1v) is 5.58.